The number of aromatic nitrogens is 1. The van der Waals surface area contributed by atoms with Crippen molar-refractivity contribution in [3.05, 3.63) is 89.6 Å². The monoisotopic (exact) mass is 344 g/mol. The van der Waals surface area contributed by atoms with Gasteiger partial charge in [0.25, 0.3) is 0 Å². The maximum atomic E-state index is 6.13. The highest BCUT2D eigenvalue weighted by Gasteiger charge is 2.20. The van der Waals surface area contributed by atoms with Gasteiger partial charge >= 0.3 is 0 Å². The van der Waals surface area contributed by atoms with Crippen LogP contribution in [0.15, 0.2) is 72.9 Å². The van der Waals surface area contributed by atoms with Crippen LogP contribution in [0, 0.1) is 0 Å². The molecule has 2 aromatic carbocycles. The summed E-state index contributed by atoms with van der Waals surface area (Å²) in [5.41, 5.74) is 6.06. The maximum Gasteiger partial charge on any atom is 0.0760 e. The predicted molar refractivity (Wildman–Crippen MR) is 105 cm³/mol. The number of likely N-dealkylation sites (N-methyl/N-ethyl adjacent to an activating group) is 1. The average molecular weight is 344 g/mol. The quantitative estimate of drug-likeness (QED) is 0.692. The molecule has 0 radical (unpaired) electrons. The Balaban J connectivity index is 1.67. The molecular weight excluding hydrogens is 320 g/mol. The first kappa shape index (κ1) is 17.0. The van der Waals surface area contributed by atoms with Crippen molar-refractivity contribution in [2.45, 2.75) is 25.6 Å². The first-order valence-corrected chi connectivity index (χ1v) is 9.15. The highest BCUT2D eigenvalue weighted by molar-refractivity contribution is 5.66. The van der Waals surface area contributed by atoms with Crippen LogP contribution in [0.25, 0.3) is 11.3 Å². The molecule has 0 N–H and O–H groups in total. The van der Waals surface area contributed by atoms with E-state index in [0.717, 1.165) is 24.2 Å². The van der Waals surface area contributed by atoms with Crippen LogP contribution in [-0.4, -0.2) is 29.6 Å². The molecule has 0 saturated carbocycles. The normalized spacial score (nSPS) is 18.0. The zero-order chi connectivity index (χ0) is 17.8. The van der Waals surface area contributed by atoms with Crippen LogP contribution in [0.2, 0.25) is 0 Å². The Hall–Kier alpha value is -2.49. The van der Waals surface area contributed by atoms with Crippen molar-refractivity contribution < 1.29 is 4.74 Å². The Morgan fingerprint density at radius 2 is 1.73 bits per heavy atom. The molecule has 3 aromatic rings. The Bertz CT molecular complexity index is 863. The van der Waals surface area contributed by atoms with Gasteiger partial charge in [-0.2, -0.15) is 0 Å². The van der Waals surface area contributed by atoms with Gasteiger partial charge < -0.3 is 4.74 Å². The third-order valence-corrected chi connectivity index (χ3v) is 5.09. The van der Waals surface area contributed by atoms with E-state index in [1.54, 1.807) is 0 Å². The van der Waals surface area contributed by atoms with Crippen molar-refractivity contribution in [3.63, 3.8) is 0 Å². The minimum atomic E-state index is 0.337. The summed E-state index contributed by atoms with van der Waals surface area (Å²) in [6.07, 6.45) is 2.85. The number of fused-ring (bicyclic) bond motifs is 3. The van der Waals surface area contributed by atoms with Gasteiger partial charge in [0.1, 0.15) is 0 Å². The molecule has 1 aliphatic rings. The van der Waals surface area contributed by atoms with Gasteiger partial charge in [0.2, 0.25) is 0 Å². The number of hydrogen-bond acceptors (Lipinski definition) is 3. The van der Waals surface area contributed by atoms with Crippen molar-refractivity contribution in [2.75, 3.05) is 13.7 Å². The molecule has 1 aliphatic heterocycles. The molecule has 132 valence electrons. The van der Waals surface area contributed by atoms with E-state index in [9.17, 15) is 0 Å². The average Bonchev–Trinajstić information content (AvgIpc) is 2.68. The highest BCUT2D eigenvalue weighted by atomic mass is 16.5. The van der Waals surface area contributed by atoms with Gasteiger partial charge in [0.15, 0.2) is 0 Å². The van der Waals surface area contributed by atoms with Gasteiger partial charge in [-0.05, 0) is 30.7 Å². The van der Waals surface area contributed by atoms with Crippen LogP contribution < -0.4 is 0 Å². The zero-order valence-electron chi connectivity index (χ0n) is 15.1. The van der Waals surface area contributed by atoms with Gasteiger partial charge in [0, 0.05) is 29.9 Å². The largest absolute Gasteiger partial charge is 0.375 e. The lowest BCUT2D eigenvalue weighted by atomic mass is 9.98. The van der Waals surface area contributed by atoms with Crippen molar-refractivity contribution in [3.8, 4) is 11.3 Å². The summed E-state index contributed by atoms with van der Waals surface area (Å²) >= 11 is 0. The molecule has 1 atom stereocenters. The molecule has 3 heteroatoms. The SMILES string of the molecule is CN1Cc2ccccc2-c2ncccc2COCC1Cc1ccccc1. The molecule has 0 bridgehead atoms. The van der Waals surface area contributed by atoms with E-state index in [1.165, 1.54) is 16.7 Å². The van der Waals surface area contributed by atoms with Gasteiger partial charge in [-0.1, -0.05) is 60.7 Å². The molecule has 1 unspecified atom stereocenters. The van der Waals surface area contributed by atoms with Gasteiger partial charge in [-0.25, -0.2) is 0 Å². The Morgan fingerprint density at radius 1 is 0.962 bits per heavy atom. The highest BCUT2D eigenvalue weighted by Crippen LogP contribution is 2.28. The van der Waals surface area contributed by atoms with Crippen molar-refractivity contribution >= 4 is 0 Å². The second kappa shape index (κ2) is 7.81. The first-order valence-electron chi connectivity index (χ1n) is 9.15. The standard InChI is InChI=1S/C23H24N2O/c1-25-15-19-10-5-6-12-22(19)23-20(11-7-13-24-23)16-26-17-21(25)14-18-8-3-2-4-9-18/h2-13,21H,14-17H2,1H3. The molecule has 0 aliphatic carbocycles. The van der Waals surface area contributed by atoms with Crippen LogP contribution >= 0.6 is 0 Å². The van der Waals surface area contributed by atoms with Crippen molar-refractivity contribution in [1.29, 1.82) is 0 Å². The summed E-state index contributed by atoms with van der Waals surface area (Å²) in [5, 5.41) is 0. The molecule has 1 aromatic heterocycles. The third kappa shape index (κ3) is 3.69. The molecule has 4 rings (SSSR count). The summed E-state index contributed by atoms with van der Waals surface area (Å²) < 4.78 is 6.13. The molecule has 2 heterocycles. The third-order valence-electron chi connectivity index (χ3n) is 5.09. The smallest absolute Gasteiger partial charge is 0.0760 e. The summed E-state index contributed by atoms with van der Waals surface area (Å²) in [4.78, 5) is 7.05. The fourth-order valence-electron chi connectivity index (χ4n) is 3.62. The summed E-state index contributed by atoms with van der Waals surface area (Å²) in [7, 11) is 2.19. The lowest BCUT2D eigenvalue weighted by molar-refractivity contribution is 0.0569. The topological polar surface area (TPSA) is 25.4 Å². The molecule has 0 saturated heterocycles. The van der Waals surface area contributed by atoms with E-state index in [2.05, 4.69) is 77.6 Å². The Morgan fingerprint density at radius 3 is 2.62 bits per heavy atom. The van der Waals surface area contributed by atoms with Crippen LogP contribution in [0.5, 0.6) is 0 Å². The van der Waals surface area contributed by atoms with Gasteiger partial charge in [-0.3, -0.25) is 9.88 Å². The summed E-state index contributed by atoms with van der Waals surface area (Å²) in [5.74, 6) is 0. The van der Waals surface area contributed by atoms with Crippen LogP contribution in [0.4, 0.5) is 0 Å². The second-order valence-electron chi connectivity index (χ2n) is 6.94. The van der Waals surface area contributed by atoms with E-state index < -0.39 is 0 Å². The molecule has 0 amide bonds. The minimum absolute atomic E-state index is 0.337. The van der Waals surface area contributed by atoms with E-state index in [-0.39, 0.29) is 0 Å². The van der Waals surface area contributed by atoms with Gasteiger partial charge in [-0.15, -0.1) is 0 Å². The molecule has 26 heavy (non-hydrogen) atoms. The number of pyridine rings is 1. The predicted octanol–water partition coefficient (Wildman–Crippen LogP) is 4.32. The van der Waals surface area contributed by atoms with Crippen molar-refractivity contribution in [1.82, 2.24) is 9.88 Å². The molecular formula is C23H24N2O. The van der Waals surface area contributed by atoms with Crippen LogP contribution in [-0.2, 0) is 24.3 Å². The number of rotatable bonds is 2. The fourth-order valence-corrected chi connectivity index (χ4v) is 3.62. The molecule has 0 spiro atoms. The maximum absolute atomic E-state index is 6.13. The summed E-state index contributed by atoms with van der Waals surface area (Å²) in [6.45, 7) is 2.19. The van der Waals surface area contributed by atoms with Gasteiger partial charge in [0.05, 0.1) is 18.9 Å². The number of ether oxygens (including phenoxy) is 1. The van der Waals surface area contributed by atoms with Crippen LogP contribution in [0.3, 0.4) is 0 Å². The zero-order valence-corrected chi connectivity index (χ0v) is 15.1. The first-order chi connectivity index (χ1) is 12.8. The Labute approximate surface area is 155 Å². The van der Waals surface area contributed by atoms with E-state index in [4.69, 9.17) is 4.74 Å². The minimum Gasteiger partial charge on any atom is -0.375 e. The van der Waals surface area contributed by atoms with Crippen molar-refractivity contribution in [2.24, 2.45) is 0 Å². The van der Waals surface area contributed by atoms with E-state index >= 15 is 0 Å². The fraction of sp³-hybridized carbons (Fsp3) is 0.261. The summed E-state index contributed by atoms with van der Waals surface area (Å²) in [6, 6.07) is 23.7. The Kier molecular flexibility index (Phi) is 5.09. The van der Waals surface area contributed by atoms with Crippen LogP contribution in [0.1, 0.15) is 16.7 Å². The second-order valence-corrected chi connectivity index (χ2v) is 6.94. The number of benzene rings is 2. The lowest BCUT2D eigenvalue weighted by Crippen LogP contribution is -2.37. The number of nitrogens with zero attached hydrogens (tertiary/aromatic N) is 2. The molecule has 0 fully saturated rings. The van der Waals surface area contributed by atoms with E-state index in [1.807, 2.05) is 12.3 Å². The number of hydrogen-bond donors (Lipinski definition) is 0. The molecule has 3 nitrogen and oxygen atoms in total. The van der Waals surface area contributed by atoms with E-state index in [0.29, 0.717) is 19.3 Å². The lowest BCUT2D eigenvalue weighted by Gasteiger charge is -2.30.